The summed E-state index contributed by atoms with van der Waals surface area (Å²) >= 11 is 0. The Morgan fingerprint density at radius 1 is 1.13 bits per heavy atom. The number of hydrogen-bond acceptors (Lipinski definition) is 3. The van der Waals surface area contributed by atoms with Crippen LogP contribution in [0, 0.1) is 19.7 Å². The maximum Gasteiger partial charge on any atom is 0.261 e. The maximum atomic E-state index is 13.4. The van der Waals surface area contributed by atoms with Gasteiger partial charge in [0.15, 0.2) is 0 Å². The van der Waals surface area contributed by atoms with E-state index in [9.17, 15) is 9.18 Å². The first-order valence-corrected chi connectivity index (χ1v) is 7.15. The van der Waals surface area contributed by atoms with Crippen LogP contribution in [-0.2, 0) is 0 Å². The van der Waals surface area contributed by atoms with E-state index in [1.807, 2.05) is 31.2 Å². The van der Waals surface area contributed by atoms with Crippen LogP contribution in [0.1, 0.15) is 21.7 Å². The average molecular weight is 310 g/mol. The van der Waals surface area contributed by atoms with E-state index in [-0.39, 0.29) is 5.91 Å². The second-order valence-corrected chi connectivity index (χ2v) is 5.24. The van der Waals surface area contributed by atoms with Gasteiger partial charge in [0.25, 0.3) is 5.91 Å². The molecule has 0 atom stereocenters. The van der Waals surface area contributed by atoms with Crippen LogP contribution >= 0.6 is 0 Å². The van der Waals surface area contributed by atoms with Crippen molar-refractivity contribution in [3.05, 3.63) is 71.2 Å². The molecule has 23 heavy (non-hydrogen) atoms. The number of nitrogens with one attached hydrogen (secondary N) is 1. The first kappa shape index (κ1) is 15.0. The predicted molar refractivity (Wildman–Crippen MR) is 85.8 cm³/mol. The molecule has 0 aliphatic heterocycles. The van der Waals surface area contributed by atoms with Gasteiger partial charge in [-0.05, 0) is 37.6 Å². The van der Waals surface area contributed by atoms with Gasteiger partial charge in [-0.25, -0.2) is 4.39 Å². The number of halogens is 1. The number of aromatic nitrogens is 1. The molecule has 1 heterocycles. The Labute approximate surface area is 132 Å². The van der Waals surface area contributed by atoms with E-state index in [0.29, 0.717) is 28.3 Å². The number of rotatable bonds is 3. The number of anilines is 1. The second-order valence-electron chi connectivity index (χ2n) is 5.24. The van der Waals surface area contributed by atoms with Crippen molar-refractivity contribution in [2.75, 3.05) is 5.32 Å². The van der Waals surface area contributed by atoms with Gasteiger partial charge in [0, 0.05) is 11.3 Å². The van der Waals surface area contributed by atoms with Crippen molar-refractivity contribution < 1.29 is 13.7 Å². The zero-order chi connectivity index (χ0) is 16.4. The summed E-state index contributed by atoms with van der Waals surface area (Å²) < 4.78 is 18.6. The molecule has 5 heteroatoms. The molecule has 0 radical (unpaired) electrons. The summed E-state index contributed by atoms with van der Waals surface area (Å²) in [5, 5.41) is 6.76. The third-order valence-electron chi connectivity index (χ3n) is 3.58. The lowest BCUT2D eigenvalue weighted by Gasteiger charge is -2.08. The lowest BCUT2D eigenvalue weighted by molar-refractivity contribution is 0.102. The lowest BCUT2D eigenvalue weighted by Crippen LogP contribution is -2.14. The lowest BCUT2D eigenvalue weighted by atomic mass is 10.1. The van der Waals surface area contributed by atoms with Crippen LogP contribution in [0.25, 0.3) is 11.3 Å². The van der Waals surface area contributed by atoms with Gasteiger partial charge in [0.2, 0.25) is 0 Å². The van der Waals surface area contributed by atoms with E-state index in [0.717, 1.165) is 5.56 Å². The normalized spacial score (nSPS) is 10.6. The molecule has 3 aromatic rings. The van der Waals surface area contributed by atoms with Crippen LogP contribution in [0.4, 0.5) is 10.1 Å². The van der Waals surface area contributed by atoms with Crippen molar-refractivity contribution >= 4 is 11.6 Å². The second kappa shape index (κ2) is 6.04. The molecule has 0 aliphatic rings. The quantitative estimate of drug-likeness (QED) is 0.782. The number of benzene rings is 2. The van der Waals surface area contributed by atoms with E-state index in [2.05, 4.69) is 10.5 Å². The highest BCUT2D eigenvalue weighted by Gasteiger charge is 2.22. The monoisotopic (exact) mass is 310 g/mol. The summed E-state index contributed by atoms with van der Waals surface area (Å²) in [5.74, 6) is -0.346. The number of amides is 1. The molecule has 0 unspecified atom stereocenters. The summed E-state index contributed by atoms with van der Waals surface area (Å²) in [7, 11) is 0. The van der Waals surface area contributed by atoms with Crippen LogP contribution in [0.5, 0.6) is 0 Å². The van der Waals surface area contributed by atoms with E-state index in [1.54, 1.807) is 19.1 Å². The number of para-hydroxylation sites is 1. The summed E-state index contributed by atoms with van der Waals surface area (Å²) in [6.45, 7) is 3.56. The molecule has 0 bridgehead atoms. The first-order valence-electron chi connectivity index (χ1n) is 7.15. The molecule has 116 valence electrons. The van der Waals surface area contributed by atoms with E-state index in [1.165, 1.54) is 12.1 Å². The smallest absolute Gasteiger partial charge is 0.261 e. The zero-order valence-electron chi connectivity index (χ0n) is 12.8. The van der Waals surface area contributed by atoms with Crippen LogP contribution < -0.4 is 5.32 Å². The van der Waals surface area contributed by atoms with Gasteiger partial charge in [-0.15, -0.1) is 0 Å². The van der Waals surface area contributed by atoms with Gasteiger partial charge < -0.3 is 9.84 Å². The fourth-order valence-electron chi connectivity index (χ4n) is 2.37. The van der Waals surface area contributed by atoms with E-state index >= 15 is 0 Å². The predicted octanol–water partition coefficient (Wildman–Crippen LogP) is 4.35. The molecule has 2 aromatic carbocycles. The molecule has 0 fully saturated rings. The van der Waals surface area contributed by atoms with Gasteiger partial charge in [-0.3, -0.25) is 4.79 Å². The topological polar surface area (TPSA) is 55.1 Å². The van der Waals surface area contributed by atoms with Crippen LogP contribution in [0.2, 0.25) is 0 Å². The zero-order valence-corrected chi connectivity index (χ0v) is 12.8. The van der Waals surface area contributed by atoms with E-state index in [4.69, 9.17) is 4.52 Å². The van der Waals surface area contributed by atoms with Crippen LogP contribution in [0.15, 0.2) is 53.1 Å². The minimum absolute atomic E-state index is 0.304. The summed E-state index contributed by atoms with van der Waals surface area (Å²) in [4.78, 5) is 12.6. The third kappa shape index (κ3) is 2.99. The Kier molecular flexibility index (Phi) is 3.93. The molecular weight excluding hydrogens is 295 g/mol. The number of aryl methyl sites for hydroxylation is 2. The highest BCUT2D eigenvalue weighted by Crippen LogP contribution is 2.27. The van der Waals surface area contributed by atoms with Gasteiger partial charge >= 0.3 is 0 Å². The highest BCUT2D eigenvalue weighted by molar-refractivity contribution is 6.09. The Morgan fingerprint density at radius 2 is 1.91 bits per heavy atom. The molecular formula is C18H15FN2O2. The van der Waals surface area contributed by atoms with Crippen molar-refractivity contribution in [1.29, 1.82) is 0 Å². The molecule has 0 spiro atoms. The molecule has 3 rings (SSSR count). The Hall–Kier alpha value is -2.95. The van der Waals surface area contributed by atoms with Gasteiger partial charge in [0.1, 0.15) is 22.8 Å². The minimum Gasteiger partial charge on any atom is -0.360 e. The maximum absolute atomic E-state index is 13.4. The number of hydrogen-bond donors (Lipinski definition) is 1. The van der Waals surface area contributed by atoms with Crippen molar-refractivity contribution in [2.24, 2.45) is 0 Å². The number of carbonyl (C=O) groups excluding carboxylic acids is 1. The summed E-state index contributed by atoms with van der Waals surface area (Å²) in [6, 6.07) is 13.4. The highest BCUT2D eigenvalue weighted by atomic mass is 19.1. The Bertz CT molecular complexity index is 871. The average Bonchev–Trinajstić information content (AvgIpc) is 2.91. The number of carbonyl (C=O) groups is 1. The van der Waals surface area contributed by atoms with Gasteiger partial charge in [-0.1, -0.05) is 35.5 Å². The Morgan fingerprint density at radius 3 is 2.65 bits per heavy atom. The largest absolute Gasteiger partial charge is 0.360 e. The summed E-state index contributed by atoms with van der Waals surface area (Å²) in [6.07, 6.45) is 0. The molecule has 0 saturated carbocycles. The SMILES string of the molecule is Cc1ccccc1NC(=O)c1c(-c2cccc(F)c2)noc1C. The molecule has 4 nitrogen and oxygen atoms in total. The van der Waals surface area contributed by atoms with Gasteiger partial charge in [-0.2, -0.15) is 0 Å². The Balaban J connectivity index is 1.99. The minimum atomic E-state index is -0.395. The van der Waals surface area contributed by atoms with Crippen LogP contribution in [0.3, 0.4) is 0 Å². The van der Waals surface area contributed by atoms with Crippen molar-refractivity contribution in [3.63, 3.8) is 0 Å². The fraction of sp³-hybridized carbons (Fsp3) is 0.111. The number of nitrogens with zero attached hydrogens (tertiary/aromatic N) is 1. The van der Waals surface area contributed by atoms with Crippen molar-refractivity contribution in [2.45, 2.75) is 13.8 Å². The molecule has 0 saturated heterocycles. The van der Waals surface area contributed by atoms with E-state index < -0.39 is 5.82 Å². The fourth-order valence-corrected chi connectivity index (χ4v) is 2.37. The van der Waals surface area contributed by atoms with Crippen molar-refractivity contribution in [3.8, 4) is 11.3 Å². The van der Waals surface area contributed by atoms with Crippen LogP contribution in [-0.4, -0.2) is 11.1 Å². The molecule has 1 N–H and O–H groups in total. The molecule has 1 aromatic heterocycles. The summed E-state index contributed by atoms with van der Waals surface area (Å²) in [5.41, 5.74) is 2.79. The molecule has 0 aliphatic carbocycles. The third-order valence-corrected chi connectivity index (χ3v) is 3.58. The van der Waals surface area contributed by atoms with Gasteiger partial charge in [0.05, 0.1) is 0 Å². The van der Waals surface area contributed by atoms with Crippen molar-refractivity contribution in [1.82, 2.24) is 5.16 Å². The first-order chi connectivity index (χ1) is 11.1. The standard InChI is InChI=1S/C18H15FN2O2/c1-11-6-3-4-9-15(11)20-18(22)16-12(2)23-21-17(16)13-7-5-8-14(19)10-13/h3-10H,1-2H3,(H,20,22). The molecule has 1 amide bonds.